The van der Waals surface area contributed by atoms with Crippen LogP contribution in [0.15, 0.2) is 0 Å². The lowest BCUT2D eigenvalue weighted by atomic mass is 9.62. The van der Waals surface area contributed by atoms with Gasteiger partial charge < -0.3 is 20.1 Å². The van der Waals surface area contributed by atoms with E-state index in [0.717, 1.165) is 57.8 Å². The van der Waals surface area contributed by atoms with Gasteiger partial charge in [-0.2, -0.15) is 0 Å². The maximum atomic E-state index is 13.7. The molecule has 0 heterocycles. The average Bonchev–Trinajstić information content (AvgIpc) is 2.87. The van der Waals surface area contributed by atoms with E-state index in [0.29, 0.717) is 25.7 Å². The molecule has 10 nitrogen and oxygen atoms in total. The van der Waals surface area contributed by atoms with Gasteiger partial charge in [0, 0.05) is 19.3 Å². The normalized spacial score (nSPS) is 12.9. The molecule has 1 atom stereocenters. The first-order valence-corrected chi connectivity index (χ1v) is 14.9. The fourth-order valence-corrected chi connectivity index (χ4v) is 5.03. The summed E-state index contributed by atoms with van der Waals surface area (Å²) >= 11 is 0. The van der Waals surface area contributed by atoms with Crippen molar-refractivity contribution in [1.29, 1.82) is 0 Å². The SMILES string of the molecule is CCCCCCCC(=O)OC(CC(=O)O)(C(=O)O)C(C(=O)O)(C(=O)CCCCCCC)C(=O)CCCCCCC. The van der Waals surface area contributed by atoms with Crippen LogP contribution in [0.3, 0.4) is 0 Å². The lowest BCUT2D eigenvalue weighted by Crippen LogP contribution is -2.68. The van der Waals surface area contributed by atoms with Gasteiger partial charge in [-0.3, -0.25) is 24.0 Å². The molecule has 0 spiro atoms. The van der Waals surface area contributed by atoms with Gasteiger partial charge in [0.2, 0.25) is 11.0 Å². The zero-order chi connectivity index (χ0) is 30.6. The van der Waals surface area contributed by atoms with Crippen molar-refractivity contribution < 1.29 is 48.8 Å². The molecule has 10 heteroatoms. The second kappa shape index (κ2) is 20.2. The van der Waals surface area contributed by atoms with Crippen LogP contribution in [-0.2, 0) is 33.5 Å². The van der Waals surface area contributed by atoms with Gasteiger partial charge >= 0.3 is 23.9 Å². The highest BCUT2D eigenvalue weighted by Crippen LogP contribution is 2.44. The molecule has 0 aromatic heterocycles. The predicted octanol–water partition coefficient (Wildman–Crippen LogP) is 6.12. The molecule has 0 saturated carbocycles. The van der Waals surface area contributed by atoms with E-state index in [1.807, 2.05) is 20.8 Å². The molecule has 40 heavy (non-hydrogen) atoms. The van der Waals surface area contributed by atoms with E-state index in [4.69, 9.17) is 4.74 Å². The number of carbonyl (C=O) groups is 6. The summed E-state index contributed by atoms with van der Waals surface area (Å²) in [5, 5.41) is 30.4. The molecule has 0 aliphatic heterocycles. The van der Waals surface area contributed by atoms with Crippen molar-refractivity contribution >= 4 is 35.4 Å². The fraction of sp³-hybridized carbons (Fsp3) is 0.800. The minimum atomic E-state index is -3.42. The largest absolute Gasteiger partial charge is 0.481 e. The highest BCUT2D eigenvalue weighted by Gasteiger charge is 2.73. The molecule has 0 aromatic carbocycles. The van der Waals surface area contributed by atoms with Gasteiger partial charge in [-0.25, -0.2) is 4.79 Å². The number of esters is 1. The van der Waals surface area contributed by atoms with E-state index in [1.165, 1.54) is 0 Å². The first-order valence-electron chi connectivity index (χ1n) is 14.9. The number of carboxylic acids is 3. The standard InChI is InChI=1S/C30H50O10/c1-4-7-10-13-16-19-23(31)30(28(38)39,24(32)20-17-14-11-8-5-2)29(27(36)37,22-25(33)34)40-26(35)21-18-15-12-9-6-3/h4-22H2,1-3H3,(H,33,34)(H,36,37)(H,38,39). The van der Waals surface area contributed by atoms with Crippen LogP contribution in [0.1, 0.15) is 143 Å². The quantitative estimate of drug-likeness (QED) is 0.0624. The van der Waals surface area contributed by atoms with Gasteiger partial charge in [0.1, 0.15) is 0 Å². The van der Waals surface area contributed by atoms with Crippen LogP contribution in [0.4, 0.5) is 0 Å². The maximum absolute atomic E-state index is 13.7. The molecule has 0 saturated heterocycles. The summed E-state index contributed by atoms with van der Waals surface area (Å²) in [6.07, 6.45) is 7.40. The number of carboxylic acid groups (broad SMARTS) is 3. The molecule has 230 valence electrons. The summed E-state index contributed by atoms with van der Waals surface area (Å²) in [7, 11) is 0. The molecular weight excluding hydrogens is 520 g/mol. The Morgan fingerprint density at radius 2 is 0.900 bits per heavy atom. The molecule has 0 aliphatic rings. The highest BCUT2D eigenvalue weighted by molar-refractivity contribution is 6.26. The Hall–Kier alpha value is -2.78. The Morgan fingerprint density at radius 3 is 1.23 bits per heavy atom. The molecule has 0 amide bonds. The molecule has 0 aromatic rings. The van der Waals surface area contributed by atoms with Crippen LogP contribution < -0.4 is 0 Å². The van der Waals surface area contributed by atoms with Crippen LogP contribution >= 0.6 is 0 Å². The van der Waals surface area contributed by atoms with E-state index < -0.39 is 65.7 Å². The van der Waals surface area contributed by atoms with E-state index in [1.54, 1.807) is 0 Å². The van der Waals surface area contributed by atoms with Crippen molar-refractivity contribution in [3.63, 3.8) is 0 Å². The van der Waals surface area contributed by atoms with Crippen molar-refractivity contribution in [2.45, 2.75) is 148 Å². The third kappa shape index (κ3) is 11.0. The van der Waals surface area contributed by atoms with Crippen LogP contribution in [0.5, 0.6) is 0 Å². The van der Waals surface area contributed by atoms with Crippen molar-refractivity contribution in [2.75, 3.05) is 0 Å². The monoisotopic (exact) mass is 570 g/mol. The number of ketones is 2. The van der Waals surface area contributed by atoms with E-state index >= 15 is 0 Å². The average molecular weight is 571 g/mol. The minimum Gasteiger partial charge on any atom is -0.481 e. The molecule has 0 fully saturated rings. The second-order valence-corrected chi connectivity index (χ2v) is 10.6. The zero-order valence-corrected chi connectivity index (χ0v) is 24.6. The molecule has 0 bridgehead atoms. The maximum Gasteiger partial charge on any atom is 0.351 e. The number of hydrogen-bond donors (Lipinski definition) is 3. The minimum absolute atomic E-state index is 0.186. The van der Waals surface area contributed by atoms with Gasteiger partial charge in [0.05, 0.1) is 6.42 Å². The van der Waals surface area contributed by atoms with Crippen molar-refractivity contribution in [3.05, 3.63) is 0 Å². The zero-order valence-electron chi connectivity index (χ0n) is 24.6. The van der Waals surface area contributed by atoms with Gasteiger partial charge in [0.15, 0.2) is 11.6 Å². The van der Waals surface area contributed by atoms with Crippen LogP contribution in [0.2, 0.25) is 0 Å². The van der Waals surface area contributed by atoms with Crippen molar-refractivity contribution in [1.82, 2.24) is 0 Å². The number of carbonyl (C=O) groups excluding carboxylic acids is 3. The summed E-state index contributed by atoms with van der Waals surface area (Å²) in [5.74, 6) is -9.70. The van der Waals surface area contributed by atoms with E-state index in [-0.39, 0.29) is 19.3 Å². The summed E-state index contributed by atoms with van der Waals surface area (Å²) in [5.41, 5.74) is -6.81. The van der Waals surface area contributed by atoms with Crippen LogP contribution in [-0.4, -0.2) is 56.4 Å². The Labute approximate surface area is 238 Å². The summed E-state index contributed by atoms with van der Waals surface area (Å²) < 4.78 is 5.23. The first-order chi connectivity index (χ1) is 19.0. The summed E-state index contributed by atoms with van der Waals surface area (Å²) in [6.45, 7) is 5.99. The Morgan fingerprint density at radius 1 is 0.525 bits per heavy atom. The topological polar surface area (TPSA) is 172 Å². The van der Waals surface area contributed by atoms with E-state index in [2.05, 4.69) is 0 Å². The van der Waals surface area contributed by atoms with E-state index in [9.17, 15) is 44.1 Å². The molecule has 3 N–H and O–H groups in total. The van der Waals surface area contributed by atoms with Gasteiger partial charge in [0.25, 0.3) is 0 Å². The van der Waals surface area contributed by atoms with Crippen LogP contribution in [0.25, 0.3) is 0 Å². The van der Waals surface area contributed by atoms with Gasteiger partial charge in [-0.1, -0.05) is 97.8 Å². The summed E-state index contributed by atoms with van der Waals surface area (Å²) in [4.78, 5) is 78.0. The number of Topliss-reactive ketones (excluding diaryl/α,β-unsaturated/α-hetero) is 2. The van der Waals surface area contributed by atoms with Gasteiger partial charge in [-0.05, 0) is 19.3 Å². The highest BCUT2D eigenvalue weighted by atomic mass is 16.6. The Bertz CT molecular complexity index is 808. The molecule has 0 aliphatic carbocycles. The van der Waals surface area contributed by atoms with Crippen molar-refractivity contribution in [2.24, 2.45) is 5.41 Å². The number of unbranched alkanes of at least 4 members (excludes halogenated alkanes) is 12. The second-order valence-electron chi connectivity index (χ2n) is 10.6. The first kappa shape index (κ1) is 37.2. The smallest absolute Gasteiger partial charge is 0.351 e. The summed E-state index contributed by atoms with van der Waals surface area (Å²) in [6, 6.07) is 0. The van der Waals surface area contributed by atoms with Crippen molar-refractivity contribution in [3.8, 4) is 0 Å². The Kier molecular flexibility index (Phi) is 18.7. The third-order valence-electron chi connectivity index (χ3n) is 7.30. The van der Waals surface area contributed by atoms with Gasteiger partial charge in [-0.15, -0.1) is 0 Å². The Balaban J connectivity index is 6.61. The number of rotatable bonds is 26. The number of hydrogen-bond acceptors (Lipinski definition) is 7. The molecule has 0 radical (unpaired) electrons. The lowest BCUT2D eigenvalue weighted by molar-refractivity contribution is -0.207. The molecule has 1 unspecified atom stereocenters. The number of aliphatic carboxylic acids is 3. The predicted molar refractivity (Wildman–Crippen MR) is 149 cm³/mol. The lowest BCUT2D eigenvalue weighted by Gasteiger charge is -2.41. The molecular formula is C30H50O10. The fourth-order valence-electron chi connectivity index (χ4n) is 5.03. The number of ether oxygens (including phenoxy) is 1. The van der Waals surface area contributed by atoms with Crippen LogP contribution in [0, 0.1) is 5.41 Å². The molecule has 0 rings (SSSR count). The third-order valence-corrected chi connectivity index (χ3v) is 7.30.